The maximum Gasteiger partial charge on any atom is 0.330 e. The second-order valence-electron chi connectivity index (χ2n) is 9.06. The van der Waals surface area contributed by atoms with Crippen LogP contribution in [0, 0.1) is 23.3 Å². The van der Waals surface area contributed by atoms with Gasteiger partial charge in [0.15, 0.2) is 0 Å². The van der Waals surface area contributed by atoms with E-state index in [1.165, 1.54) is 78.9 Å². The van der Waals surface area contributed by atoms with E-state index in [4.69, 9.17) is 10.2 Å². The van der Waals surface area contributed by atoms with Gasteiger partial charge in [0.05, 0.1) is 13.2 Å². The van der Waals surface area contributed by atoms with Crippen molar-refractivity contribution in [2.45, 2.75) is 6.92 Å². The summed E-state index contributed by atoms with van der Waals surface area (Å²) in [5.41, 5.74) is 2.63. The zero-order chi connectivity index (χ0) is 35.6. The number of esters is 1. The van der Waals surface area contributed by atoms with Gasteiger partial charge in [0.1, 0.15) is 29.6 Å². The number of rotatable bonds is 9. The van der Waals surface area contributed by atoms with Crippen molar-refractivity contribution >= 4 is 42.5 Å². The first-order valence-electron chi connectivity index (χ1n) is 14.2. The molecular formula is C38H34F4O6. The normalized spacial score (nSPS) is 10.5. The summed E-state index contributed by atoms with van der Waals surface area (Å²) in [6.45, 7) is 2.05. The Morgan fingerprint density at radius 2 is 1.04 bits per heavy atom. The van der Waals surface area contributed by atoms with E-state index in [0.717, 1.165) is 11.6 Å². The fourth-order valence-electron chi connectivity index (χ4n) is 3.30. The SMILES string of the molecule is CCOC(=O)/C=C/c1cccc(F)c1.O=C(O)/C=C/c1cccc(F)c1.O=C/C=C/c1cccc(F)c1.OC/C=C/c1cccc(F)c1. The lowest BCUT2D eigenvalue weighted by atomic mass is 10.2. The molecule has 250 valence electrons. The van der Waals surface area contributed by atoms with Crippen LogP contribution in [0.3, 0.4) is 0 Å². The van der Waals surface area contributed by atoms with Crippen molar-refractivity contribution in [3.63, 3.8) is 0 Å². The highest BCUT2D eigenvalue weighted by molar-refractivity contribution is 5.87. The molecule has 0 heterocycles. The minimum atomic E-state index is -1.04. The number of halogens is 4. The predicted molar refractivity (Wildman–Crippen MR) is 179 cm³/mol. The first kappa shape index (κ1) is 40.2. The van der Waals surface area contributed by atoms with Gasteiger partial charge in [-0.2, -0.15) is 0 Å². The van der Waals surface area contributed by atoms with Crippen LogP contribution in [0.2, 0.25) is 0 Å². The van der Waals surface area contributed by atoms with Crippen LogP contribution in [0.15, 0.2) is 121 Å². The van der Waals surface area contributed by atoms with E-state index < -0.39 is 11.9 Å². The van der Waals surface area contributed by atoms with Gasteiger partial charge in [-0.1, -0.05) is 66.8 Å². The van der Waals surface area contributed by atoms with Crippen LogP contribution in [0.4, 0.5) is 17.6 Å². The molecule has 4 aromatic rings. The standard InChI is InChI=1S/C11H11FO2.C9H7FO2.C9H9FO.C9H7FO/c1-2-14-11(13)7-6-9-4-3-5-10(12)8-9;10-8-3-1-2-7(6-8)4-5-9(11)12;2*10-9-5-1-3-8(7-9)4-2-6-11/h3-8H,2H2,1H3;1-6H,(H,11,12);1-5,7,11H,6H2;1-7H/b7-6+;5-4+;2*4-2+. The van der Waals surface area contributed by atoms with E-state index in [9.17, 15) is 31.9 Å². The fraction of sp³-hybridized carbons (Fsp3) is 0.0789. The van der Waals surface area contributed by atoms with Gasteiger partial charge in [-0.25, -0.2) is 27.2 Å². The monoisotopic (exact) mass is 662 g/mol. The number of benzene rings is 4. The molecule has 0 bridgehead atoms. The maximum atomic E-state index is 12.7. The molecule has 0 aromatic heterocycles. The number of hydrogen-bond acceptors (Lipinski definition) is 5. The molecule has 0 amide bonds. The van der Waals surface area contributed by atoms with Gasteiger partial charge >= 0.3 is 11.9 Å². The number of aldehydes is 1. The van der Waals surface area contributed by atoms with Crippen LogP contribution < -0.4 is 0 Å². The highest BCUT2D eigenvalue weighted by Gasteiger charge is 1.95. The maximum absolute atomic E-state index is 12.7. The first-order chi connectivity index (χ1) is 23.1. The molecule has 0 aliphatic rings. The molecule has 0 aliphatic carbocycles. The summed E-state index contributed by atoms with van der Waals surface area (Å²) < 4.78 is 54.8. The molecule has 4 rings (SSSR count). The van der Waals surface area contributed by atoms with Crippen molar-refractivity contribution < 1.29 is 46.9 Å². The van der Waals surface area contributed by atoms with Crippen LogP contribution in [0.1, 0.15) is 29.2 Å². The molecule has 0 saturated carbocycles. The molecule has 2 N–H and O–H groups in total. The average Bonchev–Trinajstić information content (AvgIpc) is 3.06. The predicted octanol–water partition coefficient (Wildman–Crippen LogP) is 8.19. The molecule has 0 unspecified atom stereocenters. The van der Waals surface area contributed by atoms with Crippen LogP contribution in [-0.4, -0.2) is 41.7 Å². The molecule has 10 heteroatoms. The van der Waals surface area contributed by atoms with E-state index >= 15 is 0 Å². The third-order valence-corrected chi connectivity index (χ3v) is 5.29. The summed E-state index contributed by atoms with van der Waals surface area (Å²) in [6, 6.07) is 23.9. The Kier molecular flexibility index (Phi) is 20.4. The lowest BCUT2D eigenvalue weighted by molar-refractivity contribution is -0.137. The van der Waals surface area contributed by atoms with Gasteiger partial charge in [0.2, 0.25) is 0 Å². The van der Waals surface area contributed by atoms with E-state index in [-0.39, 0.29) is 29.9 Å². The Morgan fingerprint density at radius 1 is 0.646 bits per heavy atom. The topological polar surface area (TPSA) is 101 Å². The molecule has 0 saturated heterocycles. The Balaban J connectivity index is 0.000000322. The van der Waals surface area contributed by atoms with E-state index in [2.05, 4.69) is 4.74 Å². The number of aliphatic carboxylic acids is 1. The summed E-state index contributed by atoms with van der Waals surface area (Å²) in [4.78, 5) is 30.9. The number of carboxylic acids is 1. The van der Waals surface area contributed by atoms with Crippen molar-refractivity contribution in [2.75, 3.05) is 13.2 Å². The van der Waals surface area contributed by atoms with Gasteiger partial charge in [0.25, 0.3) is 0 Å². The first-order valence-corrected chi connectivity index (χ1v) is 14.2. The zero-order valence-corrected chi connectivity index (χ0v) is 25.9. The van der Waals surface area contributed by atoms with Gasteiger partial charge in [-0.3, -0.25) is 4.79 Å². The number of carbonyl (C=O) groups excluding carboxylic acids is 2. The third kappa shape index (κ3) is 20.2. The lowest BCUT2D eigenvalue weighted by Crippen LogP contribution is -1.98. The minimum absolute atomic E-state index is 0.0173. The average molecular weight is 663 g/mol. The molecule has 0 fully saturated rings. The second-order valence-corrected chi connectivity index (χ2v) is 9.06. The van der Waals surface area contributed by atoms with E-state index in [1.807, 2.05) is 0 Å². The van der Waals surface area contributed by atoms with Crippen LogP contribution in [-0.2, 0) is 19.1 Å². The van der Waals surface area contributed by atoms with Crippen molar-refractivity contribution in [1.82, 2.24) is 0 Å². The molecule has 0 spiro atoms. The van der Waals surface area contributed by atoms with Crippen molar-refractivity contribution in [1.29, 1.82) is 0 Å². The van der Waals surface area contributed by atoms with Gasteiger partial charge in [-0.05, 0) is 95.9 Å². The number of allylic oxidation sites excluding steroid dienone is 1. The summed E-state index contributed by atoms with van der Waals surface area (Å²) in [5, 5.41) is 16.7. The summed E-state index contributed by atoms with van der Waals surface area (Å²) in [6.07, 6.45) is 11.9. The number of aliphatic hydroxyl groups is 1. The highest BCUT2D eigenvalue weighted by atomic mass is 19.1. The van der Waals surface area contributed by atoms with Crippen molar-refractivity contribution in [2.24, 2.45) is 0 Å². The Morgan fingerprint density at radius 3 is 1.40 bits per heavy atom. The number of hydrogen-bond donors (Lipinski definition) is 2. The van der Waals surface area contributed by atoms with Gasteiger partial charge in [-0.15, -0.1) is 0 Å². The van der Waals surface area contributed by atoms with Crippen molar-refractivity contribution in [3.8, 4) is 0 Å². The molecule has 6 nitrogen and oxygen atoms in total. The summed E-state index contributed by atoms with van der Waals surface area (Å²) in [7, 11) is 0. The van der Waals surface area contributed by atoms with Crippen molar-refractivity contribution in [3.05, 3.63) is 167 Å². The Bertz CT molecular complexity index is 1700. The molecule has 0 atom stereocenters. The third-order valence-electron chi connectivity index (χ3n) is 5.29. The molecule has 0 aliphatic heterocycles. The van der Waals surface area contributed by atoms with Gasteiger partial charge in [0, 0.05) is 12.2 Å². The fourth-order valence-corrected chi connectivity index (χ4v) is 3.30. The van der Waals surface area contributed by atoms with Crippen LogP contribution in [0.25, 0.3) is 24.3 Å². The van der Waals surface area contributed by atoms with Crippen LogP contribution in [0.5, 0.6) is 0 Å². The number of ether oxygens (including phenoxy) is 1. The number of carboxylic acid groups (broad SMARTS) is 1. The number of carbonyl (C=O) groups is 3. The highest BCUT2D eigenvalue weighted by Crippen LogP contribution is 2.07. The van der Waals surface area contributed by atoms with Gasteiger partial charge < -0.3 is 14.9 Å². The molecule has 4 aromatic carbocycles. The van der Waals surface area contributed by atoms with E-state index in [1.54, 1.807) is 67.6 Å². The smallest absolute Gasteiger partial charge is 0.330 e. The lowest BCUT2D eigenvalue weighted by Gasteiger charge is -1.95. The second kappa shape index (κ2) is 24.4. The summed E-state index contributed by atoms with van der Waals surface area (Å²) in [5.74, 6) is -2.71. The Hall–Kier alpha value is -5.87. The largest absolute Gasteiger partial charge is 0.478 e. The molecule has 0 radical (unpaired) electrons. The van der Waals surface area contributed by atoms with E-state index in [0.29, 0.717) is 29.6 Å². The molecular weight excluding hydrogens is 628 g/mol. The quantitative estimate of drug-likeness (QED) is 0.0812. The Labute approximate surface area is 276 Å². The number of aliphatic hydroxyl groups excluding tert-OH is 1. The zero-order valence-electron chi connectivity index (χ0n) is 25.9. The summed E-state index contributed by atoms with van der Waals surface area (Å²) >= 11 is 0. The van der Waals surface area contributed by atoms with Crippen LogP contribution >= 0.6 is 0 Å². The minimum Gasteiger partial charge on any atom is -0.478 e. The molecule has 48 heavy (non-hydrogen) atoms.